The summed E-state index contributed by atoms with van der Waals surface area (Å²) >= 11 is 12.0. The average Bonchev–Trinajstić information content (AvgIpc) is 2.48. The summed E-state index contributed by atoms with van der Waals surface area (Å²) in [5, 5.41) is 0.979. The summed E-state index contributed by atoms with van der Waals surface area (Å²) < 4.78 is 0. The number of hydrogen-bond acceptors (Lipinski definition) is 2. The number of likely N-dealkylation sites (N-methyl/N-ethyl adjacent to an activating group) is 1. The van der Waals surface area contributed by atoms with Crippen LogP contribution in [0.5, 0.6) is 0 Å². The zero-order valence-electron chi connectivity index (χ0n) is 11.5. The minimum Gasteiger partial charge on any atom is -0.337 e. The van der Waals surface area contributed by atoms with Crippen LogP contribution in [0.1, 0.15) is 12.5 Å². The number of carbonyl (C=O) groups is 1. The highest BCUT2D eigenvalue weighted by Crippen LogP contribution is 2.26. The summed E-state index contributed by atoms with van der Waals surface area (Å²) in [6, 6.07) is 5.39. The molecule has 0 aliphatic carbocycles. The van der Waals surface area contributed by atoms with Crippen LogP contribution in [0.25, 0.3) is 6.08 Å². The van der Waals surface area contributed by atoms with Gasteiger partial charge in [0.1, 0.15) is 0 Å². The van der Waals surface area contributed by atoms with Gasteiger partial charge in [-0.3, -0.25) is 4.79 Å². The van der Waals surface area contributed by atoms with E-state index in [0.717, 1.165) is 38.3 Å². The van der Waals surface area contributed by atoms with Gasteiger partial charge in [-0.15, -0.1) is 0 Å². The van der Waals surface area contributed by atoms with Crippen LogP contribution in [-0.2, 0) is 4.79 Å². The number of amides is 1. The predicted molar refractivity (Wildman–Crippen MR) is 84.2 cm³/mol. The Bertz CT molecular complexity index is 509. The third-order valence-electron chi connectivity index (χ3n) is 3.52. The maximum atomic E-state index is 12.1. The summed E-state index contributed by atoms with van der Waals surface area (Å²) in [5.41, 5.74) is 0.764. The van der Waals surface area contributed by atoms with Gasteiger partial charge in [-0.25, -0.2) is 0 Å². The molecule has 1 heterocycles. The fourth-order valence-corrected chi connectivity index (χ4v) is 2.57. The zero-order valence-corrected chi connectivity index (χ0v) is 13.0. The smallest absolute Gasteiger partial charge is 0.246 e. The molecular formula is C15H18Cl2N2O. The molecule has 0 spiro atoms. The Labute approximate surface area is 129 Å². The van der Waals surface area contributed by atoms with Gasteiger partial charge in [-0.1, -0.05) is 42.3 Å². The lowest BCUT2D eigenvalue weighted by atomic mass is 10.2. The molecule has 0 saturated carbocycles. The molecule has 0 radical (unpaired) electrons. The van der Waals surface area contributed by atoms with Crippen molar-refractivity contribution in [2.24, 2.45) is 0 Å². The number of rotatable bonds is 3. The first-order valence-corrected chi connectivity index (χ1v) is 7.50. The molecule has 108 valence electrons. The van der Waals surface area contributed by atoms with E-state index in [4.69, 9.17) is 23.2 Å². The van der Waals surface area contributed by atoms with Gasteiger partial charge in [-0.05, 0) is 24.3 Å². The first-order chi connectivity index (χ1) is 9.61. The first-order valence-electron chi connectivity index (χ1n) is 6.75. The highest BCUT2D eigenvalue weighted by Gasteiger charge is 2.18. The molecule has 0 aromatic heterocycles. The van der Waals surface area contributed by atoms with E-state index in [-0.39, 0.29) is 5.91 Å². The Kier molecular flexibility index (Phi) is 5.46. The van der Waals surface area contributed by atoms with E-state index in [1.807, 2.05) is 17.0 Å². The van der Waals surface area contributed by atoms with Crippen molar-refractivity contribution in [3.05, 3.63) is 39.9 Å². The van der Waals surface area contributed by atoms with E-state index < -0.39 is 0 Å². The van der Waals surface area contributed by atoms with Crippen molar-refractivity contribution in [1.82, 2.24) is 9.80 Å². The van der Waals surface area contributed by atoms with Crippen LogP contribution < -0.4 is 0 Å². The molecule has 5 heteroatoms. The molecule has 0 atom stereocenters. The number of nitrogens with zero attached hydrogens (tertiary/aromatic N) is 2. The third kappa shape index (κ3) is 3.75. The van der Waals surface area contributed by atoms with Crippen molar-refractivity contribution in [2.75, 3.05) is 32.7 Å². The van der Waals surface area contributed by atoms with Gasteiger partial charge in [-0.2, -0.15) is 0 Å². The van der Waals surface area contributed by atoms with E-state index >= 15 is 0 Å². The second-order valence-corrected chi connectivity index (χ2v) is 5.52. The second-order valence-electron chi connectivity index (χ2n) is 4.74. The topological polar surface area (TPSA) is 23.6 Å². The molecule has 0 unspecified atom stereocenters. The molecule has 0 N–H and O–H groups in total. The van der Waals surface area contributed by atoms with Crippen molar-refractivity contribution in [2.45, 2.75) is 6.92 Å². The Morgan fingerprint density at radius 3 is 2.60 bits per heavy atom. The van der Waals surface area contributed by atoms with E-state index in [0.29, 0.717) is 10.0 Å². The first kappa shape index (κ1) is 15.4. The van der Waals surface area contributed by atoms with E-state index in [1.165, 1.54) is 0 Å². The van der Waals surface area contributed by atoms with Gasteiger partial charge in [0.25, 0.3) is 0 Å². The second kappa shape index (κ2) is 7.11. The molecule has 1 aromatic rings. The van der Waals surface area contributed by atoms with Crippen molar-refractivity contribution in [3.63, 3.8) is 0 Å². The number of hydrogen-bond donors (Lipinski definition) is 0. The molecule has 3 nitrogen and oxygen atoms in total. The SMILES string of the molecule is CCN1CCN(C(=O)C=Cc2cccc(Cl)c2Cl)CC1. The number of carbonyl (C=O) groups excluding carboxylic acids is 1. The van der Waals surface area contributed by atoms with Crippen LogP contribution in [0.4, 0.5) is 0 Å². The summed E-state index contributed by atoms with van der Waals surface area (Å²) in [6.45, 7) is 6.61. The fraction of sp³-hybridized carbons (Fsp3) is 0.400. The van der Waals surface area contributed by atoms with Gasteiger partial charge in [0.05, 0.1) is 10.0 Å². The number of halogens is 2. The van der Waals surface area contributed by atoms with Crippen molar-refractivity contribution < 1.29 is 4.79 Å². The van der Waals surface area contributed by atoms with Crippen LogP contribution in [0.2, 0.25) is 10.0 Å². The molecule has 0 bridgehead atoms. The van der Waals surface area contributed by atoms with Gasteiger partial charge in [0.2, 0.25) is 5.91 Å². The molecule has 1 fully saturated rings. The lowest BCUT2D eigenvalue weighted by molar-refractivity contribution is -0.127. The monoisotopic (exact) mass is 312 g/mol. The maximum Gasteiger partial charge on any atom is 0.246 e. The Morgan fingerprint density at radius 1 is 1.25 bits per heavy atom. The van der Waals surface area contributed by atoms with Crippen molar-refractivity contribution in [1.29, 1.82) is 0 Å². The normalized spacial score (nSPS) is 16.9. The highest BCUT2D eigenvalue weighted by atomic mass is 35.5. The Morgan fingerprint density at radius 2 is 1.95 bits per heavy atom. The Hall–Kier alpha value is -1.03. The van der Waals surface area contributed by atoms with Crippen molar-refractivity contribution >= 4 is 35.2 Å². The molecule has 1 aliphatic rings. The summed E-state index contributed by atoms with van der Waals surface area (Å²) in [5.74, 6) is 0.0248. The lowest BCUT2D eigenvalue weighted by Crippen LogP contribution is -2.48. The minimum atomic E-state index is 0.0248. The Balaban J connectivity index is 1.98. The van der Waals surface area contributed by atoms with Crippen LogP contribution >= 0.6 is 23.2 Å². The third-order valence-corrected chi connectivity index (χ3v) is 4.35. The average molecular weight is 313 g/mol. The zero-order chi connectivity index (χ0) is 14.5. The van der Waals surface area contributed by atoms with E-state index in [9.17, 15) is 4.79 Å². The summed E-state index contributed by atoms with van der Waals surface area (Å²) in [7, 11) is 0. The number of piperazine rings is 1. The summed E-state index contributed by atoms with van der Waals surface area (Å²) in [6.07, 6.45) is 3.29. The van der Waals surface area contributed by atoms with Crippen LogP contribution in [0.3, 0.4) is 0 Å². The van der Waals surface area contributed by atoms with Crippen molar-refractivity contribution in [3.8, 4) is 0 Å². The molecular weight excluding hydrogens is 295 g/mol. The van der Waals surface area contributed by atoms with Crippen LogP contribution in [0.15, 0.2) is 24.3 Å². The largest absolute Gasteiger partial charge is 0.337 e. The quantitative estimate of drug-likeness (QED) is 0.800. The standard InChI is InChI=1S/C15H18Cl2N2O/c1-2-18-8-10-19(11-9-18)14(20)7-6-12-4-3-5-13(16)15(12)17/h3-7H,2,8-11H2,1H3. The van der Waals surface area contributed by atoms with Crippen LogP contribution in [-0.4, -0.2) is 48.4 Å². The lowest BCUT2D eigenvalue weighted by Gasteiger charge is -2.33. The van der Waals surface area contributed by atoms with Gasteiger partial charge in [0.15, 0.2) is 0 Å². The van der Waals surface area contributed by atoms with Gasteiger partial charge >= 0.3 is 0 Å². The molecule has 1 saturated heterocycles. The van der Waals surface area contributed by atoms with E-state index in [2.05, 4.69) is 11.8 Å². The molecule has 20 heavy (non-hydrogen) atoms. The van der Waals surface area contributed by atoms with Gasteiger partial charge in [0, 0.05) is 32.3 Å². The predicted octanol–water partition coefficient (Wildman–Crippen LogP) is 3.17. The fourth-order valence-electron chi connectivity index (χ4n) is 2.20. The minimum absolute atomic E-state index is 0.0248. The molecule has 1 aliphatic heterocycles. The summed E-state index contributed by atoms with van der Waals surface area (Å²) in [4.78, 5) is 16.3. The number of benzene rings is 1. The molecule has 1 aromatic carbocycles. The highest BCUT2D eigenvalue weighted by molar-refractivity contribution is 6.42. The van der Waals surface area contributed by atoms with Gasteiger partial charge < -0.3 is 9.80 Å². The molecule has 2 rings (SSSR count). The maximum absolute atomic E-state index is 12.1. The van der Waals surface area contributed by atoms with Crippen LogP contribution in [0, 0.1) is 0 Å². The van der Waals surface area contributed by atoms with E-state index in [1.54, 1.807) is 18.2 Å². The molecule has 1 amide bonds.